The Balaban J connectivity index is 1.68. The molecule has 6 nitrogen and oxygen atoms in total. The highest BCUT2D eigenvalue weighted by atomic mass is 35.5. The van der Waals surface area contributed by atoms with E-state index in [0.29, 0.717) is 26.2 Å². The number of thiophene rings is 1. The Hall–Kier alpha value is -3.07. The van der Waals surface area contributed by atoms with Crippen LogP contribution >= 0.6 is 34.3 Å². The van der Waals surface area contributed by atoms with Gasteiger partial charge in [0.15, 0.2) is 10.9 Å². The number of aryl methyl sites for hydroxylation is 1. The van der Waals surface area contributed by atoms with Crippen LogP contribution in [-0.4, -0.2) is 26.8 Å². The van der Waals surface area contributed by atoms with Gasteiger partial charge in [-0.25, -0.2) is 4.98 Å². The van der Waals surface area contributed by atoms with Crippen LogP contribution in [0.15, 0.2) is 65.4 Å². The maximum atomic E-state index is 13.2. The lowest BCUT2D eigenvalue weighted by molar-refractivity contribution is -0.117. The van der Waals surface area contributed by atoms with E-state index in [9.17, 15) is 14.7 Å². The number of halogens is 1. The summed E-state index contributed by atoms with van der Waals surface area (Å²) in [6, 6.07) is 11.4. The lowest BCUT2D eigenvalue weighted by Gasteiger charge is -2.23. The molecule has 154 valence electrons. The van der Waals surface area contributed by atoms with Crippen LogP contribution in [0.3, 0.4) is 0 Å². The van der Waals surface area contributed by atoms with E-state index in [1.54, 1.807) is 48.0 Å². The average Bonchev–Trinajstić information content (AvgIpc) is 3.48. The molecule has 4 heterocycles. The molecule has 1 amide bonds. The van der Waals surface area contributed by atoms with Crippen molar-refractivity contribution in [1.29, 1.82) is 0 Å². The van der Waals surface area contributed by atoms with Gasteiger partial charge in [-0.2, -0.15) is 0 Å². The summed E-state index contributed by atoms with van der Waals surface area (Å²) in [5.74, 6) is -1.67. The third-order valence-corrected chi connectivity index (χ3v) is 7.32. The molecule has 5 rings (SSSR count). The normalized spacial score (nSPS) is 16.5. The van der Waals surface area contributed by atoms with Gasteiger partial charge in [0.25, 0.3) is 5.91 Å². The van der Waals surface area contributed by atoms with Crippen molar-refractivity contribution >= 4 is 61.3 Å². The fourth-order valence-corrected chi connectivity index (χ4v) is 5.44. The summed E-state index contributed by atoms with van der Waals surface area (Å²) < 4.78 is 0.849. The largest absolute Gasteiger partial charge is 0.503 e. The summed E-state index contributed by atoms with van der Waals surface area (Å²) in [5.41, 5.74) is 2.00. The highest BCUT2D eigenvalue weighted by molar-refractivity contribution is 7.22. The van der Waals surface area contributed by atoms with Crippen molar-refractivity contribution in [1.82, 2.24) is 9.97 Å². The molecule has 0 radical (unpaired) electrons. The monoisotopic (exact) mass is 467 g/mol. The SMILES string of the molecule is Cc1cc2sc(N3C(=O)C(O)=C(C(=O)c4cccs4)C3c3ccccn3)nc2cc1Cl. The molecule has 0 bridgehead atoms. The molecule has 31 heavy (non-hydrogen) atoms. The minimum atomic E-state index is -0.888. The Kier molecular flexibility index (Phi) is 4.85. The Bertz CT molecular complexity index is 1320. The zero-order chi connectivity index (χ0) is 21.7. The zero-order valence-electron chi connectivity index (χ0n) is 16.1. The van der Waals surface area contributed by atoms with Gasteiger partial charge in [-0.05, 0) is 48.2 Å². The Morgan fingerprint density at radius 2 is 2.06 bits per heavy atom. The van der Waals surface area contributed by atoms with Crippen LogP contribution in [0.4, 0.5) is 5.13 Å². The molecule has 3 aromatic heterocycles. The standard InChI is InChI=1S/C22H14ClN3O3S2/c1-11-9-16-14(10-12(11)23)25-22(31-16)26-18(13-5-2-3-7-24-13)17(20(28)21(26)29)19(27)15-6-4-8-30-15/h2-10,18,28H,1H3. The van der Waals surface area contributed by atoms with E-state index in [2.05, 4.69) is 9.97 Å². The number of nitrogens with zero attached hydrogens (tertiary/aromatic N) is 3. The van der Waals surface area contributed by atoms with E-state index in [1.807, 2.05) is 13.0 Å². The molecule has 0 saturated heterocycles. The van der Waals surface area contributed by atoms with Gasteiger partial charge in [-0.15, -0.1) is 11.3 Å². The van der Waals surface area contributed by atoms with E-state index in [-0.39, 0.29) is 5.57 Å². The number of carbonyl (C=O) groups is 2. The number of thiazole rings is 1. The number of hydrogen-bond donors (Lipinski definition) is 1. The molecule has 0 aliphatic carbocycles. The number of hydrogen-bond acceptors (Lipinski definition) is 7. The molecule has 0 spiro atoms. The lowest BCUT2D eigenvalue weighted by Crippen LogP contribution is -2.31. The molecular formula is C22H14ClN3O3S2. The number of aliphatic hydroxyl groups is 1. The number of aliphatic hydroxyl groups excluding tert-OH is 1. The molecule has 1 unspecified atom stereocenters. The number of carbonyl (C=O) groups excluding carboxylic acids is 2. The second kappa shape index (κ2) is 7.56. The first-order chi connectivity index (χ1) is 15.0. The number of anilines is 1. The summed E-state index contributed by atoms with van der Waals surface area (Å²) in [5, 5.41) is 13.5. The van der Waals surface area contributed by atoms with Crippen molar-refractivity contribution in [3.8, 4) is 0 Å². The Labute approximate surface area is 190 Å². The van der Waals surface area contributed by atoms with Crippen LogP contribution in [0.5, 0.6) is 0 Å². The van der Waals surface area contributed by atoms with Gasteiger partial charge in [0.1, 0.15) is 6.04 Å². The smallest absolute Gasteiger partial charge is 0.296 e. The first kappa shape index (κ1) is 19.9. The van der Waals surface area contributed by atoms with Gasteiger partial charge in [-0.3, -0.25) is 19.5 Å². The first-order valence-corrected chi connectivity index (χ1v) is 11.4. The summed E-state index contributed by atoms with van der Waals surface area (Å²) >= 11 is 8.78. The summed E-state index contributed by atoms with van der Waals surface area (Å²) in [6.45, 7) is 1.89. The maximum absolute atomic E-state index is 13.2. The van der Waals surface area contributed by atoms with Gasteiger partial charge < -0.3 is 5.11 Å². The van der Waals surface area contributed by atoms with E-state index in [4.69, 9.17) is 11.6 Å². The predicted molar refractivity (Wildman–Crippen MR) is 122 cm³/mol. The fourth-order valence-electron chi connectivity index (χ4n) is 3.53. The topological polar surface area (TPSA) is 83.4 Å². The minimum Gasteiger partial charge on any atom is -0.503 e. The van der Waals surface area contributed by atoms with Crippen LogP contribution in [0.25, 0.3) is 10.2 Å². The van der Waals surface area contributed by atoms with Crippen molar-refractivity contribution in [2.45, 2.75) is 13.0 Å². The molecule has 9 heteroatoms. The number of aromatic nitrogens is 2. The van der Waals surface area contributed by atoms with E-state index in [0.717, 1.165) is 10.3 Å². The number of rotatable bonds is 4. The molecule has 0 saturated carbocycles. The molecule has 1 N–H and O–H groups in total. The number of amides is 1. The minimum absolute atomic E-state index is 0.000353. The lowest BCUT2D eigenvalue weighted by atomic mass is 9.99. The highest BCUT2D eigenvalue weighted by Gasteiger charge is 2.46. The number of benzene rings is 1. The fraction of sp³-hybridized carbons (Fsp3) is 0.0909. The van der Waals surface area contributed by atoms with Crippen LogP contribution in [0.2, 0.25) is 5.02 Å². The van der Waals surface area contributed by atoms with Gasteiger partial charge in [0.05, 0.1) is 26.4 Å². The van der Waals surface area contributed by atoms with Gasteiger partial charge in [-0.1, -0.05) is 35.1 Å². The second-order valence-corrected chi connectivity index (χ2v) is 9.33. The summed E-state index contributed by atoms with van der Waals surface area (Å²) in [6.07, 6.45) is 1.59. The molecule has 1 aliphatic rings. The molecule has 4 aromatic rings. The molecular weight excluding hydrogens is 454 g/mol. The van der Waals surface area contributed by atoms with Crippen LogP contribution in [0.1, 0.15) is 27.0 Å². The summed E-state index contributed by atoms with van der Waals surface area (Å²) in [7, 11) is 0. The Morgan fingerprint density at radius 1 is 1.23 bits per heavy atom. The van der Waals surface area contributed by atoms with Gasteiger partial charge >= 0.3 is 0 Å². The van der Waals surface area contributed by atoms with Crippen molar-refractivity contribution in [2.24, 2.45) is 0 Å². The number of ketones is 1. The first-order valence-electron chi connectivity index (χ1n) is 9.28. The number of pyridine rings is 1. The summed E-state index contributed by atoms with van der Waals surface area (Å²) in [4.78, 5) is 37.1. The molecule has 1 atom stereocenters. The van der Waals surface area contributed by atoms with Crippen LogP contribution < -0.4 is 4.90 Å². The molecule has 1 aliphatic heterocycles. The van der Waals surface area contributed by atoms with Gasteiger partial charge in [0.2, 0.25) is 5.78 Å². The van der Waals surface area contributed by atoms with E-state index < -0.39 is 23.5 Å². The maximum Gasteiger partial charge on any atom is 0.296 e. The zero-order valence-corrected chi connectivity index (χ0v) is 18.5. The van der Waals surface area contributed by atoms with Crippen molar-refractivity contribution in [2.75, 3.05) is 4.90 Å². The third kappa shape index (κ3) is 3.23. The number of fused-ring (bicyclic) bond motifs is 1. The van der Waals surface area contributed by atoms with Gasteiger partial charge in [0, 0.05) is 11.2 Å². The Morgan fingerprint density at radius 3 is 2.77 bits per heavy atom. The van der Waals surface area contributed by atoms with Crippen LogP contribution in [0, 0.1) is 6.92 Å². The molecule has 1 aromatic carbocycles. The third-order valence-electron chi connectivity index (χ3n) is 5.03. The van der Waals surface area contributed by atoms with Crippen molar-refractivity contribution in [3.05, 3.63) is 86.5 Å². The molecule has 0 fully saturated rings. The highest BCUT2D eigenvalue weighted by Crippen LogP contribution is 2.44. The second-order valence-electron chi connectivity index (χ2n) is 6.97. The predicted octanol–water partition coefficient (Wildman–Crippen LogP) is 5.50. The van der Waals surface area contributed by atoms with Crippen LogP contribution in [-0.2, 0) is 4.79 Å². The van der Waals surface area contributed by atoms with Crippen molar-refractivity contribution < 1.29 is 14.7 Å². The number of Topliss-reactive ketones (excluding diaryl/α,β-unsaturated/α-hetero) is 1. The van der Waals surface area contributed by atoms with E-state index in [1.165, 1.54) is 27.6 Å². The van der Waals surface area contributed by atoms with E-state index >= 15 is 0 Å². The quantitative estimate of drug-likeness (QED) is 0.401. The van der Waals surface area contributed by atoms with Crippen molar-refractivity contribution in [3.63, 3.8) is 0 Å². The average molecular weight is 468 g/mol.